The summed E-state index contributed by atoms with van der Waals surface area (Å²) >= 11 is 2.11. The first-order chi connectivity index (χ1) is 17.3. The highest BCUT2D eigenvalue weighted by Gasteiger charge is 2.53. The Morgan fingerprint density at radius 2 is 2.08 bits per heavy atom. The minimum atomic E-state index is -1.23. The lowest BCUT2D eigenvalue weighted by Crippen LogP contribution is -2.70. The monoisotopic (exact) mass is 532 g/mol. The molecule has 2 aliphatic heterocycles. The third-order valence-electron chi connectivity index (χ3n) is 5.08. The Hall–Kier alpha value is -3.98. The number of hydrogen-bond acceptors (Lipinski definition) is 12. The smallest absolute Gasteiger partial charge is 0.352 e. The number of rotatable bonds is 9. The molecule has 15 heteroatoms. The van der Waals surface area contributed by atoms with Crippen molar-refractivity contribution in [3.8, 4) is 0 Å². The second-order valence-corrected chi connectivity index (χ2v) is 9.45. The molecule has 2 amide bonds. The molecule has 0 radical (unpaired) electrons. The quantitative estimate of drug-likeness (QED) is 0.175. The third-order valence-corrected chi connectivity index (χ3v) is 6.80. The van der Waals surface area contributed by atoms with Gasteiger partial charge >= 0.3 is 11.9 Å². The van der Waals surface area contributed by atoms with Crippen LogP contribution in [0, 0.1) is 0 Å². The van der Waals surface area contributed by atoms with Gasteiger partial charge in [-0.15, -0.1) is 11.8 Å². The van der Waals surface area contributed by atoms with Crippen LogP contribution in [0.15, 0.2) is 47.3 Å². The van der Waals surface area contributed by atoms with Crippen molar-refractivity contribution in [3.05, 3.63) is 53.5 Å². The SMILES string of the molecule is CC(ON=C(C(=O)NC1C(=O)N2C(C(=O)O)=CCS[C@H]12)c1nsc(N)n1)C(=O)OCc1ccccc1. The number of amides is 2. The molecule has 2 unspecified atom stereocenters. The highest BCUT2D eigenvalue weighted by Crippen LogP contribution is 2.37. The lowest BCUT2D eigenvalue weighted by molar-refractivity contribution is -0.157. The van der Waals surface area contributed by atoms with Crippen LogP contribution in [-0.2, 0) is 35.4 Å². The summed E-state index contributed by atoms with van der Waals surface area (Å²) in [4.78, 5) is 59.5. The zero-order valence-corrected chi connectivity index (χ0v) is 20.3. The first-order valence-corrected chi connectivity index (χ1v) is 12.3. The Morgan fingerprint density at radius 1 is 1.33 bits per heavy atom. The average Bonchev–Trinajstić information content (AvgIpc) is 3.31. The Labute approximate surface area is 212 Å². The van der Waals surface area contributed by atoms with E-state index in [0.29, 0.717) is 5.75 Å². The molecule has 1 aromatic carbocycles. The molecule has 0 bridgehead atoms. The van der Waals surface area contributed by atoms with Crippen LogP contribution in [-0.4, -0.2) is 72.1 Å². The number of esters is 1. The van der Waals surface area contributed by atoms with Gasteiger partial charge < -0.3 is 25.7 Å². The molecule has 36 heavy (non-hydrogen) atoms. The summed E-state index contributed by atoms with van der Waals surface area (Å²) in [5.74, 6) is -3.19. The number of oxime groups is 1. The average molecular weight is 533 g/mol. The Bertz CT molecular complexity index is 1250. The zero-order valence-electron chi connectivity index (χ0n) is 18.7. The van der Waals surface area contributed by atoms with Gasteiger partial charge in [-0.2, -0.15) is 9.36 Å². The van der Waals surface area contributed by atoms with Gasteiger partial charge in [0.2, 0.25) is 17.6 Å². The predicted octanol–water partition coefficient (Wildman–Crippen LogP) is 0.341. The number of benzene rings is 1. The molecule has 13 nitrogen and oxygen atoms in total. The number of nitrogens with two attached hydrogens (primary N) is 1. The summed E-state index contributed by atoms with van der Waals surface area (Å²) in [5, 5.41) is 15.0. The van der Waals surface area contributed by atoms with E-state index < -0.39 is 47.0 Å². The Balaban J connectivity index is 1.43. The summed E-state index contributed by atoms with van der Waals surface area (Å²) in [6.07, 6.45) is 0.255. The van der Waals surface area contributed by atoms with Gasteiger partial charge in [0, 0.05) is 17.3 Å². The van der Waals surface area contributed by atoms with Crippen molar-refractivity contribution < 1.29 is 33.9 Å². The molecule has 2 aliphatic rings. The van der Waals surface area contributed by atoms with E-state index in [2.05, 4.69) is 19.8 Å². The van der Waals surface area contributed by atoms with Crippen LogP contribution >= 0.6 is 23.3 Å². The number of carboxylic acid groups (broad SMARTS) is 1. The van der Waals surface area contributed by atoms with Crippen LogP contribution in [0.5, 0.6) is 0 Å². The summed E-state index contributed by atoms with van der Waals surface area (Å²) in [6.45, 7) is 1.42. The maximum Gasteiger partial charge on any atom is 0.352 e. The number of carbonyl (C=O) groups excluding carboxylic acids is 3. The van der Waals surface area contributed by atoms with Gasteiger partial charge in [0.05, 0.1) is 0 Å². The number of β-lactam (4-membered cyclic amide) rings is 1. The van der Waals surface area contributed by atoms with Gasteiger partial charge in [-0.3, -0.25) is 14.5 Å². The van der Waals surface area contributed by atoms with Crippen molar-refractivity contribution >= 4 is 57.9 Å². The van der Waals surface area contributed by atoms with Gasteiger partial charge in [0.15, 0.2) is 5.13 Å². The highest BCUT2D eigenvalue weighted by atomic mass is 32.2. The number of nitrogens with zero attached hydrogens (tertiary/aromatic N) is 4. The number of fused-ring (bicyclic) bond motifs is 1. The number of nitrogens with one attached hydrogen (secondary N) is 1. The zero-order chi connectivity index (χ0) is 25.8. The van der Waals surface area contributed by atoms with E-state index in [-0.39, 0.29) is 23.3 Å². The van der Waals surface area contributed by atoms with Gasteiger partial charge in [0.25, 0.3) is 11.8 Å². The van der Waals surface area contributed by atoms with E-state index in [1.165, 1.54) is 24.8 Å². The molecule has 0 aliphatic carbocycles. The molecular formula is C21H20N6O7S2. The number of carboxylic acids is 1. The number of ether oxygens (including phenoxy) is 1. The maximum absolute atomic E-state index is 13.0. The van der Waals surface area contributed by atoms with E-state index >= 15 is 0 Å². The minimum absolute atomic E-state index is 0.0285. The summed E-state index contributed by atoms with van der Waals surface area (Å²) in [5.41, 5.74) is 5.86. The minimum Gasteiger partial charge on any atom is -0.477 e. The second-order valence-electron chi connectivity index (χ2n) is 7.51. The van der Waals surface area contributed by atoms with Crippen LogP contribution in [0.25, 0.3) is 0 Å². The second kappa shape index (κ2) is 10.7. The van der Waals surface area contributed by atoms with E-state index in [1.807, 2.05) is 18.2 Å². The number of aromatic nitrogens is 2. The van der Waals surface area contributed by atoms with E-state index in [9.17, 15) is 24.3 Å². The third kappa shape index (κ3) is 5.31. The topological polar surface area (TPSA) is 186 Å². The van der Waals surface area contributed by atoms with Gasteiger partial charge in [0.1, 0.15) is 23.7 Å². The van der Waals surface area contributed by atoms with E-state index in [1.54, 1.807) is 12.1 Å². The summed E-state index contributed by atoms with van der Waals surface area (Å²) < 4.78 is 9.15. The van der Waals surface area contributed by atoms with E-state index in [0.717, 1.165) is 22.0 Å². The summed E-state index contributed by atoms with van der Waals surface area (Å²) in [6, 6.07) is 8.03. The Kier molecular flexibility index (Phi) is 7.49. The number of anilines is 1. The molecule has 1 aromatic heterocycles. The fourth-order valence-electron chi connectivity index (χ4n) is 3.28. The van der Waals surface area contributed by atoms with Crippen LogP contribution in [0.1, 0.15) is 18.3 Å². The highest BCUT2D eigenvalue weighted by molar-refractivity contribution is 8.00. The Morgan fingerprint density at radius 3 is 2.75 bits per heavy atom. The molecule has 1 saturated heterocycles. The van der Waals surface area contributed by atoms with Crippen molar-refractivity contribution in [3.63, 3.8) is 0 Å². The molecular weight excluding hydrogens is 512 g/mol. The van der Waals surface area contributed by atoms with Crippen molar-refractivity contribution in [1.29, 1.82) is 0 Å². The van der Waals surface area contributed by atoms with Gasteiger partial charge in [-0.05, 0) is 18.6 Å². The van der Waals surface area contributed by atoms with E-state index in [4.69, 9.17) is 15.3 Å². The van der Waals surface area contributed by atoms with Gasteiger partial charge in [-0.1, -0.05) is 35.5 Å². The number of hydrogen-bond donors (Lipinski definition) is 3. The molecule has 4 N–H and O–H groups in total. The fraction of sp³-hybridized carbons (Fsp3) is 0.286. The van der Waals surface area contributed by atoms with Crippen LogP contribution in [0.3, 0.4) is 0 Å². The molecule has 3 heterocycles. The standard InChI is InChI=1S/C21H20N6O7S2/c1-10(20(32)33-9-11-5-3-2-4-6-11)34-25-13(15-24-21(22)36-26-15)16(28)23-14-17(29)27-12(19(30)31)7-8-35-18(14)27/h2-7,10,14,18H,8-9H2,1H3,(H,23,28)(H,30,31)(H2,22,24,26)/t10?,14?,18-/m1/s1. The largest absolute Gasteiger partial charge is 0.477 e. The molecule has 1 fully saturated rings. The number of carbonyl (C=O) groups is 4. The van der Waals surface area contributed by atoms with Crippen molar-refractivity contribution in [2.24, 2.45) is 5.16 Å². The fourth-order valence-corrected chi connectivity index (χ4v) is 4.91. The number of thioether (sulfide) groups is 1. The molecule has 0 spiro atoms. The van der Waals surface area contributed by atoms with Crippen LogP contribution < -0.4 is 11.1 Å². The van der Waals surface area contributed by atoms with Crippen molar-refractivity contribution in [2.75, 3.05) is 11.5 Å². The number of aliphatic carboxylic acids is 1. The molecule has 3 atom stereocenters. The van der Waals surface area contributed by atoms with Crippen LogP contribution in [0.4, 0.5) is 5.13 Å². The normalized spacial score (nSPS) is 19.9. The molecule has 2 aromatic rings. The summed E-state index contributed by atoms with van der Waals surface area (Å²) in [7, 11) is 0. The lowest BCUT2D eigenvalue weighted by Gasteiger charge is -2.48. The lowest BCUT2D eigenvalue weighted by atomic mass is 10.0. The first-order valence-electron chi connectivity index (χ1n) is 10.5. The van der Waals surface area contributed by atoms with Crippen molar-refractivity contribution in [2.45, 2.75) is 31.1 Å². The number of nitrogen functional groups attached to an aromatic ring is 1. The first kappa shape index (κ1) is 25.1. The molecule has 4 rings (SSSR count). The maximum atomic E-state index is 13.0. The molecule has 188 valence electrons. The van der Waals surface area contributed by atoms with Gasteiger partial charge in [-0.25, -0.2) is 9.59 Å². The van der Waals surface area contributed by atoms with Crippen LogP contribution in [0.2, 0.25) is 0 Å². The van der Waals surface area contributed by atoms with Crippen molar-refractivity contribution in [1.82, 2.24) is 19.6 Å². The predicted molar refractivity (Wildman–Crippen MR) is 128 cm³/mol. The molecule has 0 saturated carbocycles.